The molecule has 100 valence electrons. The minimum absolute atomic E-state index is 0.396. The second-order valence-electron chi connectivity index (χ2n) is 4.22. The average molecular weight is 277 g/mol. The normalized spacial score (nSPS) is 12.3. The van der Waals surface area contributed by atoms with E-state index in [9.17, 15) is 4.79 Å². The van der Waals surface area contributed by atoms with E-state index in [1.54, 1.807) is 20.2 Å². The van der Waals surface area contributed by atoms with Gasteiger partial charge in [0.25, 0.3) is 0 Å². The molecule has 0 aliphatic heterocycles. The molecule has 0 saturated heterocycles. The maximum Gasteiger partial charge on any atom is 0.307 e. The van der Waals surface area contributed by atoms with Crippen molar-refractivity contribution in [2.75, 3.05) is 12.9 Å². The molecule has 2 aromatic rings. The van der Waals surface area contributed by atoms with Gasteiger partial charge in [0.2, 0.25) is 0 Å². The number of carboxylic acids is 1. The second kappa shape index (κ2) is 5.93. The lowest BCUT2D eigenvalue weighted by Gasteiger charge is -2.09. The van der Waals surface area contributed by atoms with E-state index in [0.717, 1.165) is 21.5 Å². The summed E-state index contributed by atoms with van der Waals surface area (Å²) in [5, 5.41) is 11.7. The van der Waals surface area contributed by atoms with E-state index in [4.69, 9.17) is 9.84 Å². The highest BCUT2D eigenvalue weighted by molar-refractivity contribution is 7.99. The zero-order chi connectivity index (χ0) is 13.8. The van der Waals surface area contributed by atoms with Gasteiger partial charge in [-0.1, -0.05) is 19.1 Å². The van der Waals surface area contributed by atoms with Crippen LogP contribution in [0, 0.1) is 5.92 Å². The van der Waals surface area contributed by atoms with Gasteiger partial charge in [-0.15, -0.1) is 11.8 Å². The summed E-state index contributed by atoms with van der Waals surface area (Å²) >= 11 is 1.46. The molecule has 0 saturated carbocycles. The molecule has 0 bridgehead atoms. The van der Waals surface area contributed by atoms with Gasteiger partial charge in [-0.3, -0.25) is 4.79 Å². The lowest BCUT2D eigenvalue weighted by molar-refractivity contribution is -0.140. The van der Waals surface area contributed by atoms with E-state index in [1.807, 2.05) is 24.3 Å². The summed E-state index contributed by atoms with van der Waals surface area (Å²) in [6.07, 6.45) is 1.72. The molecule has 0 fully saturated rings. The monoisotopic (exact) mass is 277 g/mol. The van der Waals surface area contributed by atoms with Crippen LogP contribution >= 0.6 is 11.8 Å². The van der Waals surface area contributed by atoms with Crippen LogP contribution in [0.5, 0.6) is 5.75 Å². The molecule has 1 heterocycles. The molecule has 0 aliphatic rings. The number of hydrogen-bond acceptors (Lipinski definition) is 4. The van der Waals surface area contributed by atoms with E-state index in [-0.39, 0.29) is 0 Å². The van der Waals surface area contributed by atoms with Gasteiger partial charge in [-0.05, 0) is 12.1 Å². The predicted molar refractivity (Wildman–Crippen MR) is 75.8 cm³/mol. The number of hydrogen-bond donors (Lipinski definition) is 1. The molecule has 5 heteroatoms. The Kier molecular flexibility index (Phi) is 4.27. The maximum absolute atomic E-state index is 10.8. The van der Waals surface area contributed by atoms with Gasteiger partial charge in [0.1, 0.15) is 10.8 Å². The minimum Gasteiger partial charge on any atom is -0.496 e. The van der Waals surface area contributed by atoms with E-state index in [0.29, 0.717) is 5.75 Å². The van der Waals surface area contributed by atoms with E-state index < -0.39 is 11.9 Å². The van der Waals surface area contributed by atoms with E-state index >= 15 is 0 Å². The van der Waals surface area contributed by atoms with E-state index in [1.165, 1.54) is 11.8 Å². The number of pyridine rings is 1. The summed E-state index contributed by atoms with van der Waals surface area (Å²) in [5.74, 6) is 0.115. The van der Waals surface area contributed by atoms with Crippen molar-refractivity contribution in [3.8, 4) is 5.75 Å². The largest absolute Gasteiger partial charge is 0.496 e. The fraction of sp³-hybridized carbons (Fsp3) is 0.286. The highest BCUT2D eigenvalue weighted by Crippen LogP contribution is 2.32. The summed E-state index contributed by atoms with van der Waals surface area (Å²) in [6.45, 7) is 1.70. The Bertz CT molecular complexity index is 600. The number of carbonyl (C=O) groups is 1. The molecule has 1 aromatic heterocycles. The van der Waals surface area contributed by atoms with Gasteiger partial charge in [0, 0.05) is 22.7 Å². The Morgan fingerprint density at radius 1 is 1.42 bits per heavy atom. The number of aliphatic carboxylic acids is 1. The number of thioether (sulfide) groups is 1. The van der Waals surface area contributed by atoms with Gasteiger partial charge in [0.05, 0.1) is 13.0 Å². The van der Waals surface area contributed by atoms with Crippen molar-refractivity contribution in [1.82, 2.24) is 4.98 Å². The van der Waals surface area contributed by atoms with Crippen LogP contribution in [-0.2, 0) is 4.79 Å². The summed E-state index contributed by atoms with van der Waals surface area (Å²) in [7, 11) is 1.63. The molecule has 4 nitrogen and oxygen atoms in total. The van der Waals surface area contributed by atoms with Crippen molar-refractivity contribution in [2.24, 2.45) is 5.92 Å². The number of fused-ring (bicyclic) bond motifs is 1. The molecule has 1 atom stereocenters. The number of rotatable bonds is 5. The molecule has 1 N–H and O–H groups in total. The molecule has 0 spiro atoms. The molecule has 0 radical (unpaired) electrons. The molecular weight excluding hydrogens is 262 g/mol. The third-order valence-electron chi connectivity index (χ3n) is 2.84. The summed E-state index contributed by atoms with van der Waals surface area (Å²) in [6, 6.07) is 7.68. The maximum atomic E-state index is 10.8. The predicted octanol–water partition coefficient (Wildman–Crippen LogP) is 3.06. The third kappa shape index (κ3) is 2.98. The first-order chi connectivity index (χ1) is 9.13. The van der Waals surface area contributed by atoms with Crippen molar-refractivity contribution < 1.29 is 14.6 Å². The van der Waals surface area contributed by atoms with Crippen molar-refractivity contribution in [1.29, 1.82) is 0 Å². The van der Waals surface area contributed by atoms with Crippen LogP contribution in [0.4, 0.5) is 0 Å². The Labute approximate surface area is 115 Å². The first kappa shape index (κ1) is 13.7. The smallest absolute Gasteiger partial charge is 0.307 e. The van der Waals surface area contributed by atoms with Gasteiger partial charge in [-0.25, -0.2) is 4.98 Å². The highest BCUT2D eigenvalue weighted by atomic mass is 32.2. The molecule has 1 aromatic carbocycles. The van der Waals surface area contributed by atoms with Crippen LogP contribution < -0.4 is 4.74 Å². The van der Waals surface area contributed by atoms with Crippen LogP contribution in [0.2, 0.25) is 0 Å². The summed E-state index contributed by atoms with van der Waals surface area (Å²) in [5.41, 5.74) is 0. The van der Waals surface area contributed by atoms with E-state index in [2.05, 4.69) is 4.98 Å². The number of benzene rings is 1. The van der Waals surface area contributed by atoms with Crippen LogP contribution in [-0.4, -0.2) is 28.9 Å². The van der Waals surface area contributed by atoms with Gasteiger partial charge >= 0.3 is 5.97 Å². The van der Waals surface area contributed by atoms with Gasteiger partial charge in [0.15, 0.2) is 0 Å². The SMILES string of the molecule is COc1cccc2c(SCC(C)C(=O)O)nccc12. The number of carboxylic acid groups (broad SMARTS) is 1. The zero-order valence-electron chi connectivity index (χ0n) is 10.8. The average Bonchev–Trinajstić information content (AvgIpc) is 2.43. The van der Waals surface area contributed by atoms with Crippen molar-refractivity contribution >= 4 is 28.5 Å². The lowest BCUT2D eigenvalue weighted by atomic mass is 10.1. The highest BCUT2D eigenvalue weighted by Gasteiger charge is 2.13. The summed E-state index contributed by atoms with van der Waals surface area (Å²) in [4.78, 5) is 15.2. The Morgan fingerprint density at radius 3 is 2.89 bits per heavy atom. The van der Waals surface area contributed by atoms with Crippen LogP contribution in [0.1, 0.15) is 6.92 Å². The zero-order valence-corrected chi connectivity index (χ0v) is 11.6. The molecule has 2 rings (SSSR count). The third-order valence-corrected chi connectivity index (χ3v) is 4.11. The molecule has 19 heavy (non-hydrogen) atoms. The van der Waals surface area contributed by atoms with Crippen LogP contribution in [0.3, 0.4) is 0 Å². The lowest BCUT2D eigenvalue weighted by Crippen LogP contribution is -2.11. The van der Waals surface area contributed by atoms with Gasteiger partial charge < -0.3 is 9.84 Å². The minimum atomic E-state index is -0.787. The molecule has 0 aliphatic carbocycles. The van der Waals surface area contributed by atoms with Crippen molar-refractivity contribution in [3.05, 3.63) is 30.5 Å². The number of ether oxygens (including phenoxy) is 1. The molecule has 0 amide bonds. The molecule has 1 unspecified atom stereocenters. The number of aromatic nitrogens is 1. The van der Waals surface area contributed by atoms with Crippen molar-refractivity contribution in [3.63, 3.8) is 0 Å². The Hall–Kier alpha value is -1.75. The summed E-state index contributed by atoms with van der Waals surface area (Å²) < 4.78 is 5.32. The topological polar surface area (TPSA) is 59.4 Å². The molecular formula is C14H15NO3S. The Balaban J connectivity index is 2.31. The quantitative estimate of drug-likeness (QED) is 0.851. The van der Waals surface area contributed by atoms with Crippen LogP contribution in [0.25, 0.3) is 10.8 Å². The standard InChI is InChI=1S/C14H15NO3S/c1-9(14(16)17)8-19-13-11-4-3-5-12(18-2)10(11)6-7-15-13/h3-7,9H,8H2,1-2H3,(H,16,17). The van der Waals surface area contributed by atoms with Crippen LogP contribution in [0.15, 0.2) is 35.5 Å². The second-order valence-corrected chi connectivity index (χ2v) is 5.23. The Morgan fingerprint density at radius 2 is 2.21 bits per heavy atom. The fourth-order valence-electron chi connectivity index (χ4n) is 1.72. The number of methoxy groups -OCH3 is 1. The fourth-order valence-corrected chi connectivity index (χ4v) is 2.74. The van der Waals surface area contributed by atoms with Crippen molar-refractivity contribution in [2.45, 2.75) is 11.9 Å². The first-order valence-corrected chi connectivity index (χ1v) is 6.89. The first-order valence-electron chi connectivity index (χ1n) is 5.91. The van der Waals surface area contributed by atoms with Gasteiger partial charge in [-0.2, -0.15) is 0 Å². The number of nitrogens with zero attached hydrogens (tertiary/aromatic N) is 1.